The first-order valence-electron chi connectivity index (χ1n) is 8.83. The van der Waals surface area contributed by atoms with E-state index in [4.69, 9.17) is 4.74 Å². The fourth-order valence-corrected chi connectivity index (χ4v) is 4.33. The molecule has 2 aliphatic carbocycles. The minimum Gasteiger partial charge on any atom is -0.504 e. The Morgan fingerprint density at radius 1 is 1.36 bits per heavy atom. The Hall–Kier alpha value is -2.08. The molecule has 0 saturated heterocycles. The quantitative estimate of drug-likeness (QED) is 0.886. The molecule has 2 aliphatic rings. The van der Waals surface area contributed by atoms with E-state index in [1.54, 1.807) is 29.4 Å². The number of phenols is 1. The van der Waals surface area contributed by atoms with Crippen LogP contribution >= 0.6 is 11.3 Å². The van der Waals surface area contributed by atoms with Gasteiger partial charge in [0.1, 0.15) is 0 Å². The van der Waals surface area contributed by atoms with Gasteiger partial charge < -0.3 is 9.84 Å². The number of fused-ring (bicyclic) bond motifs is 1. The fraction of sp³-hybridized carbons (Fsp3) is 0.474. The zero-order chi connectivity index (χ0) is 17.4. The molecule has 1 N–H and O–H groups in total. The van der Waals surface area contributed by atoms with Gasteiger partial charge in [-0.2, -0.15) is 0 Å². The highest BCUT2D eigenvalue weighted by molar-refractivity contribution is 7.15. The molecule has 6 heteroatoms. The van der Waals surface area contributed by atoms with Gasteiger partial charge in [-0.15, -0.1) is 11.3 Å². The van der Waals surface area contributed by atoms with Crippen molar-refractivity contribution in [1.82, 2.24) is 4.98 Å². The Balaban J connectivity index is 1.42. The van der Waals surface area contributed by atoms with Crippen molar-refractivity contribution in [2.45, 2.75) is 44.4 Å². The minimum absolute atomic E-state index is 0.109. The summed E-state index contributed by atoms with van der Waals surface area (Å²) >= 11 is 1.60. The molecule has 1 amide bonds. The van der Waals surface area contributed by atoms with E-state index in [-0.39, 0.29) is 18.3 Å². The van der Waals surface area contributed by atoms with Crippen LogP contribution in [0.2, 0.25) is 0 Å². The lowest BCUT2D eigenvalue weighted by atomic mass is 10.0. The predicted molar refractivity (Wildman–Crippen MR) is 97.7 cm³/mol. The normalized spacial score (nSPS) is 16.4. The van der Waals surface area contributed by atoms with Crippen molar-refractivity contribution in [3.8, 4) is 11.5 Å². The molecule has 0 bridgehead atoms. The van der Waals surface area contributed by atoms with Crippen LogP contribution in [-0.4, -0.2) is 29.7 Å². The van der Waals surface area contributed by atoms with Gasteiger partial charge in [0.2, 0.25) is 0 Å². The molecule has 5 nitrogen and oxygen atoms in total. The van der Waals surface area contributed by atoms with E-state index < -0.39 is 0 Å². The Labute approximate surface area is 151 Å². The number of benzene rings is 1. The number of phenolic OH excluding ortho intramolecular Hbond substituents is 1. The number of ether oxygens (including phenoxy) is 1. The van der Waals surface area contributed by atoms with Gasteiger partial charge in [-0.3, -0.25) is 9.69 Å². The second-order valence-electron chi connectivity index (χ2n) is 6.78. The van der Waals surface area contributed by atoms with E-state index in [1.807, 2.05) is 12.1 Å². The van der Waals surface area contributed by atoms with E-state index in [1.165, 1.54) is 17.7 Å². The topological polar surface area (TPSA) is 62.7 Å². The number of carbonyl (C=O) groups excluding carboxylic acids is 1. The molecule has 4 rings (SSSR count). The summed E-state index contributed by atoms with van der Waals surface area (Å²) in [5, 5.41) is 11.1. The van der Waals surface area contributed by atoms with Crippen LogP contribution in [0.15, 0.2) is 18.2 Å². The highest BCUT2D eigenvalue weighted by Crippen LogP contribution is 2.46. The summed E-state index contributed by atoms with van der Waals surface area (Å²) < 4.78 is 5.60. The monoisotopic (exact) mass is 358 g/mol. The third kappa shape index (κ3) is 3.35. The molecule has 0 radical (unpaired) electrons. The largest absolute Gasteiger partial charge is 0.504 e. The maximum Gasteiger partial charge on any atom is 0.266 e. The Kier molecular flexibility index (Phi) is 4.37. The van der Waals surface area contributed by atoms with Crippen LogP contribution in [0.25, 0.3) is 0 Å². The first kappa shape index (κ1) is 16.4. The molecule has 0 spiro atoms. The standard InChI is InChI=1S/C19H22N2O3S/c1-21(19-20-14-6-2-3-8-16(14)25-19)17(22)11-24-15-7-4-5-13(18(15)23)12-9-10-12/h4-5,7,12,23H,2-3,6,8-11H2,1H3. The first-order valence-corrected chi connectivity index (χ1v) is 9.65. The van der Waals surface area contributed by atoms with Crippen molar-refractivity contribution >= 4 is 22.4 Å². The molecular formula is C19H22N2O3S. The number of nitrogens with zero attached hydrogens (tertiary/aromatic N) is 2. The van der Waals surface area contributed by atoms with E-state index in [2.05, 4.69) is 4.98 Å². The number of aryl methyl sites for hydroxylation is 2. The second kappa shape index (κ2) is 6.67. The average molecular weight is 358 g/mol. The molecule has 1 aromatic carbocycles. The van der Waals surface area contributed by atoms with Gasteiger partial charge in [0.05, 0.1) is 5.69 Å². The fourth-order valence-electron chi connectivity index (χ4n) is 3.20. The molecule has 132 valence electrons. The number of para-hydroxylation sites is 1. The maximum atomic E-state index is 12.5. The van der Waals surface area contributed by atoms with Gasteiger partial charge in [-0.1, -0.05) is 12.1 Å². The van der Waals surface area contributed by atoms with Gasteiger partial charge in [0.25, 0.3) is 5.91 Å². The van der Waals surface area contributed by atoms with Gasteiger partial charge in [0, 0.05) is 17.5 Å². The lowest BCUT2D eigenvalue weighted by Gasteiger charge is -2.15. The summed E-state index contributed by atoms with van der Waals surface area (Å²) in [5.41, 5.74) is 2.06. The molecule has 2 aromatic rings. The highest BCUT2D eigenvalue weighted by Gasteiger charge is 2.28. The van der Waals surface area contributed by atoms with Crippen LogP contribution < -0.4 is 9.64 Å². The second-order valence-corrected chi connectivity index (χ2v) is 7.85. The number of hydrogen-bond donors (Lipinski definition) is 1. The number of carbonyl (C=O) groups is 1. The van der Waals surface area contributed by atoms with Crippen molar-refractivity contribution in [2.75, 3.05) is 18.6 Å². The van der Waals surface area contributed by atoms with Gasteiger partial charge in [-0.05, 0) is 50.5 Å². The lowest BCUT2D eigenvalue weighted by molar-refractivity contribution is -0.120. The highest BCUT2D eigenvalue weighted by atomic mass is 32.1. The molecule has 0 atom stereocenters. The van der Waals surface area contributed by atoms with Crippen molar-refractivity contribution < 1.29 is 14.6 Å². The Morgan fingerprint density at radius 3 is 2.92 bits per heavy atom. The summed E-state index contributed by atoms with van der Waals surface area (Å²) in [6, 6.07) is 5.50. The summed E-state index contributed by atoms with van der Waals surface area (Å²) in [7, 11) is 1.73. The number of amides is 1. The minimum atomic E-state index is -0.165. The number of hydrogen-bond acceptors (Lipinski definition) is 5. The number of rotatable bonds is 5. The van der Waals surface area contributed by atoms with E-state index in [0.29, 0.717) is 11.7 Å². The Morgan fingerprint density at radius 2 is 2.16 bits per heavy atom. The summed E-state index contributed by atoms with van der Waals surface area (Å²) in [6.07, 6.45) is 6.65. The van der Waals surface area contributed by atoms with Crippen LogP contribution in [0.4, 0.5) is 5.13 Å². The van der Waals surface area contributed by atoms with E-state index >= 15 is 0 Å². The SMILES string of the molecule is CN(C(=O)COc1cccc(C2CC2)c1O)c1nc2c(s1)CCCC2. The average Bonchev–Trinajstić information content (AvgIpc) is 3.37. The van der Waals surface area contributed by atoms with Gasteiger partial charge in [-0.25, -0.2) is 4.98 Å². The van der Waals surface area contributed by atoms with Crippen molar-refractivity contribution in [3.63, 3.8) is 0 Å². The molecule has 1 heterocycles. The van der Waals surface area contributed by atoms with Crippen molar-refractivity contribution in [1.29, 1.82) is 0 Å². The third-order valence-electron chi connectivity index (χ3n) is 4.89. The zero-order valence-corrected chi connectivity index (χ0v) is 15.1. The number of anilines is 1. The maximum absolute atomic E-state index is 12.5. The van der Waals surface area contributed by atoms with Crippen LogP contribution in [0.1, 0.15) is 47.7 Å². The van der Waals surface area contributed by atoms with Crippen LogP contribution in [0, 0.1) is 0 Å². The Bertz CT molecular complexity index is 774. The van der Waals surface area contributed by atoms with Crippen molar-refractivity contribution in [3.05, 3.63) is 34.3 Å². The van der Waals surface area contributed by atoms with E-state index in [0.717, 1.165) is 42.1 Å². The van der Waals surface area contributed by atoms with Crippen LogP contribution in [0.3, 0.4) is 0 Å². The summed E-state index contributed by atoms with van der Waals surface area (Å²) in [4.78, 5) is 19.9. The number of likely N-dealkylation sites (N-methyl/N-ethyl adjacent to an activating group) is 1. The number of thiazole rings is 1. The van der Waals surface area contributed by atoms with Crippen LogP contribution in [-0.2, 0) is 17.6 Å². The third-order valence-corrected chi connectivity index (χ3v) is 6.13. The van der Waals surface area contributed by atoms with Gasteiger partial charge in [0.15, 0.2) is 23.2 Å². The molecule has 0 unspecified atom stereocenters. The molecule has 1 fully saturated rings. The zero-order valence-electron chi connectivity index (χ0n) is 14.3. The predicted octanol–water partition coefficient (Wildman–Crippen LogP) is 3.65. The number of aromatic nitrogens is 1. The molecule has 1 aromatic heterocycles. The smallest absolute Gasteiger partial charge is 0.266 e. The molecule has 1 saturated carbocycles. The van der Waals surface area contributed by atoms with Crippen LogP contribution in [0.5, 0.6) is 11.5 Å². The molecule has 25 heavy (non-hydrogen) atoms. The summed E-state index contributed by atoms with van der Waals surface area (Å²) in [5.74, 6) is 0.820. The number of aromatic hydroxyl groups is 1. The van der Waals surface area contributed by atoms with Gasteiger partial charge >= 0.3 is 0 Å². The van der Waals surface area contributed by atoms with Crippen molar-refractivity contribution in [2.24, 2.45) is 0 Å². The first-order chi connectivity index (χ1) is 12.1. The summed E-state index contributed by atoms with van der Waals surface area (Å²) in [6.45, 7) is -0.109. The lowest BCUT2D eigenvalue weighted by Crippen LogP contribution is -2.31. The van der Waals surface area contributed by atoms with E-state index in [9.17, 15) is 9.90 Å². The molecule has 0 aliphatic heterocycles. The molecular weight excluding hydrogens is 336 g/mol.